The third-order valence-corrected chi connectivity index (χ3v) is 4.30. The monoisotopic (exact) mass is 311 g/mol. The molecule has 4 rings (SSSR count). The van der Waals surface area contributed by atoms with E-state index < -0.39 is 0 Å². The Morgan fingerprint density at radius 3 is 2.91 bits per heavy atom. The normalized spacial score (nSPS) is 14.5. The molecule has 23 heavy (non-hydrogen) atoms. The Kier molecular flexibility index (Phi) is 3.18. The number of amides is 1. The molecule has 0 aliphatic heterocycles. The molecule has 6 nitrogen and oxygen atoms in total. The number of furan rings is 1. The van der Waals surface area contributed by atoms with Gasteiger partial charge in [-0.25, -0.2) is 4.98 Å². The smallest absolute Gasteiger partial charge is 0.297 e. The number of rotatable bonds is 4. The number of fused-ring (bicyclic) bond motifs is 3. The molecule has 3 aromatic rings. The number of aromatic nitrogens is 2. The van der Waals surface area contributed by atoms with Crippen molar-refractivity contribution in [2.24, 2.45) is 0 Å². The van der Waals surface area contributed by atoms with E-state index in [1.165, 1.54) is 10.9 Å². The van der Waals surface area contributed by atoms with Gasteiger partial charge in [0.1, 0.15) is 17.6 Å². The van der Waals surface area contributed by atoms with Crippen LogP contribution in [0, 0.1) is 0 Å². The Morgan fingerprint density at radius 1 is 1.39 bits per heavy atom. The standard InChI is InChI=1S/C17H17N3O3/c1-2-20(11-7-8-11)14(21)9-19-10-18-15-12-5-3-4-6-13(12)23-16(15)17(19)22/h3-6,10-11H,2,7-9H2,1H3. The van der Waals surface area contributed by atoms with Gasteiger partial charge in [-0.05, 0) is 31.9 Å². The highest BCUT2D eigenvalue weighted by atomic mass is 16.3. The molecule has 6 heteroatoms. The Hall–Kier alpha value is -2.63. The second-order valence-electron chi connectivity index (χ2n) is 5.86. The van der Waals surface area contributed by atoms with Crippen LogP contribution in [0.2, 0.25) is 0 Å². The molecule has 2 aromatic heterocycles. The summed E-state index contributed by atoms with van der Waals surface area (Å²) < 4.78 is 6.96. The Morgan fingerprint density at radius 2 is 2.17 bits per heavy atom. The molecular weight excluding hydrogens is 294 g/mol. The molecule has 0 atom stereocenters. The number of para-hydroxylation sites is 1. The predicted molar refractivity (Wildman–Crippen MR) is 86.2 cm³/mol. The van der Waals surface area contributed by atoms with E-state index in [2.05, 4.69) is 4.98 Å². The van der Waals surface area contributed by atoms with Crippen LogP contribution in [0.4, 0.5) is 0 Å². The number of hydrogen-bond acceptors (Lipinski definition) is 4. The zero-order valence-corrected chi connectivity index (χ0v) is 12.9. The Labute approximate surface area is 132 Å². The van der Waals surface area contributed by atoms with Gasteiger partial charge >= 0.3 is 0 Å². The van der Waals surface area contributed by atoms with Crippen molar-refractivity contribution in [3.8, 4) is 0 Å². The van der Waals surface area contributed by atoms with Crippen molar-refractivity contribution >= 4 is 28.0 Å². The zero-order chi connectivity index (χ0) is 16.0. The molecule has 0 spiro atoms. The van der Waals surface area contributed by atoms with E-state index in [1.54, 1.807) is 6.07 Å². The van der Waals surface area contributed by atoms with E-state index in [4.69, 9.17) is 4.42 Å². The van der Waals surface area contributed by atoms with Crippen LogP contribution in [-0.4, -0.2) is 32.9 Å². The van der Waals surface area contributed by atoms with Gasteiger partial charge in [-0.3, -0.25) is 14.2 Å². The van der Waals surface area contributed by atoms with Crippen molar-refractivity contribution in [2.45, 2.75) is 32.4 Å². The van der Waals surface area contributed by atoms with Crippen LogP contribution in [0.15, 0.2) is 39.8 Å². The maximum atomic E-state index is 12.6. The molecule has 1 saturated carbocycles. The van der Waals surface area contributed by atoms with E-state index in [0.717, 1.165) is 18.2 Å². The van der Waals surface area contributed by atoms with Gasteiger partial charge < -0.3 is 9.32 Å². The fourth-order valence-corrected chi connectivity index (χ4v) is 2.99. The minimum absolute atomic E-state index is 0.00313. The van der Waals surface area contributed by atoms with Crippen molar-refractivity contribution in [1.29, 1.82) is 0 Å². The lowest BCUT2D eigenvalue weighted by Gasteiger charge is -2.20. The van der Waals surface area contributed by atoms with Crippen LogP contribution in [0.5, 0.6) is 0 Å². The SMILES string of the molecule is CCN(C(=O)Cn1cnc2c(oc3ccccc32)c1=O)C1CC1. The molecule has 1 fully saturated rings. The summed E-state index contributed by atoms with van der Waals surface area (Å²) in [6.07, 6.45) is 3.54. The van der Waals surface area contributed by atoms with Crippen molar-refractivity contribution < 1.29 is 9.21 Å². The first-order valence-electron chi connectivity index (χ1n) is 7.85. The number of benzene rings is 1. The van der Waals surface area contributed by atoms with Gasteiger partial charge in [0, 0.05) is 18.0 Å². The molecule has 1 amide bonds. The highest BCUT2D eigenvalue weighted by molar-refractivity contribution is 6.01. The molecule has 0 N–H and O–H groups in total. The van der Waals surface area contributed by atoms with Gasteiger partial charge in [-0.1, -0.05) is 12.1 Å². The molecule has 2 heterocycles. The summed E-state index contributed by atoms with van der Waals surface area (Å²) in [5, 5.41) is 0.811. The second-order valence-corrected chi connectivity index (χ2v) is 5.86. The molecule has 1 aromatic carbocycles. The van der Waals surface area contributed by atoms with Crippen LogP contribution in [0.1, 0.15) is 19.8 Å². The zero-order valence-electron chi connectivity index (χ0n) is 12.9. The molecule has 0 saturated heterocycles. The summed E-state index contributed by atoms with van der Waals surface area (Å²) in [7, 11) is 0. The maximum absolute atomic E-state index is 12.6. The average Bonchev–Trinajstić information content (AvgIpc) is 3.31. The summed E-state index contributed by atoms with van der Waals surface area (Å²) in [6, 6.07) is 7.74. The molecule has 0 unspecified atom stereocenters. The van der Waals surface area contributed by atoms with Gasteiger partial charge in [-0.15, -0.1) is 0 Å². The summed E-state index contributed by atoms with van der Waals surface area (Å²) in [5.74, 6) is -0.0469. The van der Waals surface area contributed by atoms with Crippen LogP contribution >= 0.6 is 0 Å². The number of likely N-dealkylation sites (N-methyl/N-ethyl adjacent to an activating group) is 1. The quantitative estimate of drug-likeness (QED) is 0.740. The molecule has 0 radical (unpaired) electrons. The summed E-state index contributed by atoms with van der Waals surface area (Å²) >= 11 is 0. The van der Waals surface area contributed by atoms with Gasteiger partial charge in [0.15, 0.2) is 0 Å². The second kappa shape index (κ2) is 5.22. The summed E-state index contributed by atoms with van der Waals surface area (Å²) in [4.78, 5) is 31.1. The number of carbonyl (C=O) groups excluding carboxylic acids is 1. The van der Waals surface area contributed by atoms with Crippen LogP contribution < -0.4 is 5.56 Å². The van der Waals surface area contributed by atoms with Crippen molar-refractivity contribution in [1.82, 2.24) is 14.5 Å². The first-order valence-corrected chi connectivity index (χ1v) is 7.85. The van der Waals surface area contributed by atoms with Crippen LogP contribution in [0.3, 0.4) is 0 Å². The fourth-order valence-electron chi connectivity index (χ4n) is 2.99. The van der Waals surface area contributed by atoms with E-state index >= 15 is 0 Å². The van der Waals surface area contributed by atoms with Gasteiger partial charge in [0.05, 0.1) is 6.33 Å². The van der Waals surface area contributed by atoms with Crippen molar-refractivity contribution in [3.05, 3.63) is 40.9 Å². The third kappa shape index (κ3) is 2.30. The van der Waals surface area contributed by atoms with Gasteiger partial charge in [-0.2, -0.15) is 0 Å². The lowest BCUT2D eigenvalue weighted by Crippen LogP contribution is -2.37. The summed E-state index contributed by atoms with van der Waals surface area (Å²) in [6.45, 7) is 2.63. The minimum atomic E-state index is -0.314. The third-order valence-electron chi connectivity index (χ3n) is 4.30. The predicted octanol–water partition coefficient (Wildman–Crippen LogP) is 2.15. The molecule has 1 aliphatic carbocycles. The number of nitrogens with zero attached hydrogens (tertiary/aromatic N) is 3. The topological polar surface area (TPSA) is 68.3 Å². The number of carbonyl (C=O) groups is 1. The van der Waals surface area contributed by atoms with Crippen molar-refractivity contribution in [2.75, 3.05) is 6.54 Å². The van der Waals surface area contributed by atoms with Crippen LogP contribution in [-0.2, 0) is 11.3 Å². The molecular formula is C17H17N3O3. The maximum Gasteiger partial charge on any atom is 0.297 e. The first kappa shape index (κ1) is 14.0. The van der Waals surface area contributed by atoms with E-state index in [0.29, 0.717) is 23.7 Å². The van der Waals surface area contributed by atoms with E-state index in [9.17, 15) is 9.59 Å². The highest BCUT2D eigenvalue weighted by Crippen LogP contribution is 2.27. The van der Waals surface area contributed by atoms with E-state index in [1.807, 2.05) is 30.0 Å². The average molecular weight is 311 g/mol. The highest BCUT2D eigenvalue weighted by Gasteiger charge is 2.31. The molecule has 0 bridgehead atoms. The fraction of sp³-hybridized carbons (Fsp3) is 0.353. The lowest BCUT2D eigenvalue weighted by atomic mass is 10.2. The largest absolute Gasteiger partial charge is 0.448 e. The van der Waals surface area contributed by atoms with Gasteiger partial charge in [0.2, 0.25) is 11.5 Å². The lowest BCUT2D eigenvalue weighted by molar-refractivity contribution is -0.132. The minimum Gasteiger partial charge on any atom is -0.448 e. The molecule has 1 aliphatic rings. The van der Waals surface area contributed by atoms with Crippen molar-refractivity contribution in [3.63, 3.8) is 0 Å². The molecule has 118 valence electrons. The summed E-state index contributed by atoms with van der Waals surface area (Å²) in [5.41, 5.74) is 1.07. The van der Waals surface area contributed by atoms with Crippen LogP contribution in [0.25, 0.3) is 22.1 Å². The first-order chi connectivity index (χ1) is 11.2. The Bertz CT molecular complexity index is 953. The Balaban J connectivity index is 1.73. The van der Waals surface area contributed by atoms with Gasteiger partial charge in [0.25, 0.3) is 5.56 Å². The number of hydrogen-bond donors (Lipinski definition) is 0. The van der Waals surface area contributed by atoms with E-state index in [-0.39, 0.29) is 23.6 Å².